The van der Waals surface area contributed by atoms with Gasteiger partial charge in [-0.05, 0) is 6.92 Å². The zero-order chi connectivity index (χ0) is 21.2. The third-order valence-corrected chi connectivity index (χ3v) is 5.44. The van der Waals surface area contributed by atoms with Gasteiger partial charge in [-0.15, -0.1) is 0 Å². The maximum absolute atomic E-state index is 12.2. The first-order valence-corrected chi connectivity index (χ1v) is 9.06. The van der Waals surface area contributed by atoms with Crippen LogP contribution in [0.2, 0.25) is 0 Å². The molecule has 1 aromatic carbocycles. The van der Waals surface area contributed by atoms with E-state index in [1.807, 2.05) is 13.8 Å². The second kappa shape index (κ2) is 8.87. The van der Waals surface area contributed by atoms with Crippen LogP contribution in [0.3, 0.4) is 0 Å². The van der Waals surface area contributed by atoms with Gasteiger partial charge in [-0.1, -0.05) is 13.8 Å². The van der Waals surface area contributed by atoms with E-state index >= 15 is 0 Å². The molecule has 28 heavy (non-hydrogen) atoms. The fourth-order valence-corrected chi connectivity index (χ4v) is 3.91. The van der Waals surface area contributed by atoms with Crippen molar-refractivity contribution in [3.05, 3.63) is 11.1 Å². The Hall–Kier alpha value is -2.19. The molecule has 1 N–H and O–H groups in total. The topological polar surface area (TPSA) is 92.7 Å². The van der Waals surface area contributed by atoms with Crippen LogP contribution >= 0.6 is 0 Å². The summed E-state index contributed by atoms with van der Waals surface area (Å²) in [5.74, 6) is 0.385. The highest BCUT2D eigenvalue weighted by molar-refractivity contribution is 5.75. The number of methoxy groups -OCH3 is 5. The van der Waals surface area contributed by atoms with Crippen LogP contribution in [-0.4, -0.2) is 58.8 Å². The van der Waals surface area contributed by atoms with Crippen LogP contribution < -0.4 is 18.9 Å². The fourth-order valence-electron chi connectivity index (χ4n) is 3.91. The number of carbonyl (C=O) groups excluding carboxylic acids is 1. The van der Waals surface area contributed by atoms with Crippen molar-refractivity contribution in [2.45, 2.75) is 39.1 Å². The first-order valence-electron chi connectivity index (χ1n) is 9.06. The smallest absolute Gasteiger partial charge is 0.335 e. The Kier molecular flexibility index (Phi) is 7.01. The van der Waals surface area contributed by atoms with E-state index in [-0.39, 0.29) is 5.92 Å². The summed E-state index contributed by atoms with van der Waals surface area (Å²) in [7, 11) is 7.37. The Bertz CT molecular complexity index is 684. The predicted molar refractivity (Wildman–Crippen MR) is 101 cm³/mol. The van der Waals surface area contributed by atoms with Gasteiger partial charge in [-0.2, -0.15) is 0 Å². The minimum Gasteiger partial charge on any atom is -0.492 e. The molecule has 0 aliphatic carbocycles. The Morgan fingerprint density at radius 3 is 1.71 bits per heavy atom. The molecule has 0 saturated carbocycles. The van der Waals surface area contributed by atoms with Crippen molar-refractivity contribution in [1.29, 1.82) is 0 Å². The van der Waals surface area contributed by atoms with Gasteiger partial charge < -0.3 is 33.5 Å². The first-order chi connectivity index (χ1) is 13.3. The molecule has 8 heteroatoms. The van der Waals surface area contributed by atoms with E-state index in [2.05, 4.69) is 0 Å². The van der Waals surface area contributed by atoms with Gasteiger partial charge in [0.25, 0.3) is 0 Å². The van der Waals surface area contributed by atoms with Crippen molar-refractivity contribution in [1.82, 2.24) is 0 Å². The van der Waals surface area contributed by atoms with Crippen molar-refractivity contribution < 1.29 is 38.3 Å². The first kappa shape index (κ1) is 22.1. The molecule has 1 saturated heterocycles. The number of ether oxygens (including phenoxy) is 6. The molecular weight excluding hydrogens is 368 g/mol. The standard InChI is InChI=1S/C20H30O8/c1-9-13(21)10(2)17(20(22)27-8)28-14(9)12-18(25-6)15(23-4)11(3)16(24-5)19(12)26-7/h9-10,13-14,17,21H,1-8H3/t9-,10-,13-,14-,17+/m1/s1. The summed E-state index contributed by atoms with van der Waals surface area (Å²) >= 11 is 0. The number of benzene rings is 1. The third kappa shape index (κ3) is 3.46. The maximum atomic E-state index is 12.2. The largest absolute Gasteiger partial charge is 0.492 e. The summed E-state index contributed by atoms with van der Waals surface area (Å²) < 4.78 is 33.4. The average Bonchev–Trinajstić information content (AvgIpc) is 2.70. The lowest BCUT2D eigenvalue weighted by atomic mass is 9.79. The average molecular weight is 398 g/mol. The van der Waals surface area contributed by atoms with Gasteiger partial charge >= 0.3 is 5.97 Å². The molecule has 1 aromatic rings. The minimum absolute atomic E-state index is 0.365. The molecule has 1 aliphatic heterocycles. The molecule has 158 valence electrons. The number of hydrogen-bond donors (Lipinski definition) is 1. The quantitative estimate of drug-likeness (QED) is 0.730. The van der Waals surface area contributed by atoms with E-state index in [4.69, 9.17) is 28.4 Å². The minimum atomic E-state index is -0.936. The number of carbonyl (C=O) groups is 1. The molecule has 1 heterocycles. The molecule has 0 radical (unpaired) electrons. The summed E-state index contributed by atoms with van der Waals surface area (Å²) in [6.45, 7) is 5.42. The molecular formula is C20H30O8. The van der Waals surface area contributed by atoms with Gasteiger partial charge in [0, 0.05) is 17.4 Å². The van der Waals surface area contributed by atoms with Crippen molar-refractivity contribution in [3.63, 3.8) is 0 Å². The summed E-state index contributed by atoms with van der Waals surface area (Å²) in [5.41, 5.74) is 1.21. The lowest BCUT2D eigenvalue weighted by Gasteiger charge is -2.42. The van der Waals surface area contributed by atoms with Gasteiger partial charge in [-0.25, -0.2) is 4.79 Å². The summed E-state index contributed by atoms with van der Waals surface area (Å²) in [6.07, 6.45) is -2.46. The van der Waals surface area contributed by atoms with Gasteiger partial charge in [0.1, 0.15) is 0 Å². The number of esters is 1. The Morgan fingerprint density at radius 1 is 0.857 bits per heavy atom. The van der Waals surface area contributed by atoms with E-state index in [0.717, 1.165) is 0 Å². The Balaban J connectivity index is 2.75. The van der Waals surface area contributed by atoms with Gasteiger partial charge in [-0.3, -0.25) is 0 Å². The van der Waals surface area contributed by atoms with Crippen molar-refractivity contribution in [2.24, 2.45) is 11.8 Å². The molecule has 0 bridgehead atoms. The van der Waals surface area contributed by atoms with Crippen LogP contribution in [0.1, 0.15) is 31.1 Å². The van der Waals surface area contributed by atoms with Crippen LogP contribution in [0.5, 0.6) is 23.0 Å². The molecule has 2 rings (SSSR count). The monoisotopic (exact) mass is 398 g/mol. The van der Waals surface area contributed by atoms with E-state index < -0.39 is 30.2 Å². The molecule has 5 atom stereocenters. The lowest BCUT2D eigenvalue weighted by molar-refractivity contribution is -0.195. The van der Waals surface area contributed by atoms with Crippen LogP contribution in [-0.2, 0) is 14.3 Å². The molecule has 1 aliphatic rings. The highest BCUT2D eigenvalue weighted by Gasteiger charge is 2.47. The normalized spacial score (nSPS) is 27.1. The van der Waals surface area contributed by atoms with Gasteiger partial charge in [0.15, 0.2) is 29.1 Å². The molecule has 0 amide bonds. The number of hydrogen-bond acceptors (Lipinski definition) is 8. The SMILES string of the molecule is COC(=O)[C@H]1O[C@@H](c2c(OC)c(OC)c(C)c(OC)c2OC)[C@H](C)[C@@H](O)[C@H]1C. The zero-order valence-electron chi connectivity index (χ0n) is 17.7. The van der Waals surface area contributed by atoms with Crippen LogP contribution in [0.25, 0.3) is 0 Å². The Labute approximate surface area is 165 Å². The lowest BCUT2D eigenvalue weighted by Crippen LogP contribution is -2.49. The van der Waals surface area contributed by atoms with Crippen LogP contribution in [0, 0.1) is 18.8 Å². The van der Waals surface area contributed by atoms with E-state index in [0.29, 0.717) is 34.1 Å². The van der Waals surface area contributed by atoms with E-state index in [1.54, 1.807) is 6.92 Å². The third-order valence-electron chi connectivity index (χ3n) is 5.44. The van der Waals surface area contributed by atoms with Gasteiger partial charge in [0.2, 0.25) is 0 Å². The highest BCUT2D eigenvalue weighted by Crippen LogP contribution is 2.54. The fraction of sp³-hybridized carbons (Fsp3) is 0.650. The summed E-state index contributed by atoms with van der Waals surface area (Å²) in [5, 5.41) is 10.8. The maximum Gasteiger partial charge on any atom is 0.335 e. The van der Waals surface area contributed by atoms with E-state index in [9.17, 15) is 9.90 Å². The highest BCUT2D eigenvalue weighted by atomic mass is 16.6. The summed E-state index contributed by atoms with van der Waals surface area (Å²) in [6, 6.07) is 0. The van der Waals surface area contributed by atoms with E-state index in [1.165, 1.54) is 35.5 Å². The second-order valence-electron chi connectivity index (χ2n) is 6.88. The molecule has 0 aromatic heterocycles. The van der Waals surface area contributed by atoms with Crippen molar-refractivity contribution in [2.75, 3.05) is 35.5 Å². The van der Waals surface area contributed by atoms with Crippen molar-refractivity contribution in [3.8, 4) is 23.0 Å². The summed E-state index contributed by atoms with van der Waals surface area (Å²) in [4.78, 5) is 12.2. The molecule has 0 unspecified atom stereocenters. The number of aliphatic hydroxyl groups excluding tert-OH is 1. The number of aliphatic hydroxyl groups is 1. The second-order valence-corrected chi connectivity index (χ2v) is 6.88. The predicted octanol–water partition coefficient (Wildman–Crippen LogP) is 2.28. The Morgan fingerprint density at radius 2 is 1.32 bits per heavy atom. The molecule has 8 nitrogen and oxygen atoms in total. The molecule has 0 spiro atoms. The zero-order valence-corrected chi connectivity index (χ0v) is 17.7. The number of rotatable bonds is 6. The van der Waals surface area contributed by atoms with Crippen LogP contribution in [0.15, 0.2) is 0 Å². The van der Waals surface area contributed by atoms with Crippen molar-refractivity contribution >= 4 is 5.97 Å². The molecule has 1 fully saturated rings. The van der Waals surface area contributed by atoms with Crippen LogP contribution in [0.4, 0.5) is 0 Å². The van der Waals surface area contributed by atoms with Gasteiger partial charge in [0.05, 0.1) is 53.3 Å².